The molecule has 15 heavy (non-hydrogen) atoms. The van der Waals surface area contributed by atoms with E-state index in [9.17, 15) is 5.11 Å². The van der Waals surface area contributed by atoms with E-state index in [1.54, 1.807) is 0 Å². The fraction of sp³-hybridized carbons (Fsp3) is 0.385. The van der Waals surface area contributed by atoms with Gasteiger partial charge in [0.2, 0.25) is 0 Å². The molecule has 2 rings (SSSR count). The number of rotatable bonds is 0. The second-order valence-electron chi connectivity index (χ2n) is 4.21. The van der Waals surface area contributed by atoms with Gasteiger partial charge in [0, 0.05) is 5.56 Å². The number of benzene rings is 1. The highest BCUT2D eigenvalue weighted by molar-refractivity contribution is 5.92. The Morgan fingerprint density at radius 3 is 2.00 bits per heavy atom. The Kier molecular flexibility index (Phi) is 2.03. The number of phenols is 1. The second kappa shape index (κ2) is 3.02. The van der Waals surface area contributed by atoms with Crippen LogP contribution >= 0.6 is 0 Å². The van der Waals surface area contributed by atoms with Crippen LogP contribution in [-0.4, -0.2) is 5.11 Å². The zero-order valence-electron chi connectivity index (χ0n) is 9.86. The van der Waals surface area contributed by atoms with Crippen LogP contribution in [0.5, 0.6) is 5.75 Å². The summed E-state index contributed by atoms with van der Waals surface area (Å²) in [4.78, 5) is 0. The molecule has 0 amide bonds. The van der Waals surface area contributed by atoms with Crippen molar-refractivity contribution in [1.29, 1.82) is 0 Å². The Labute approximate surface area is 89.5 Å². The van der Waals surface area contributed by atoms with Crippen LogP contribution < -0.4 is 0 Å². The number of aromatic hydroxyl groups is 1. The van der Waals surface area contributed by atoms with Crippen molar-refractivity contribution in [2.24, 2.45) is 0 Å². The fourth-order valence-corrected chi connectivity index (χ4v) is 1.99. The molecule has 80 valence electrons. The molecule has 2 nitrogen and oxygen atoms in total. The molecule has 2 heteroatoms. The predicted octanol–water partition coefficient (Wildman–Crippen LogP) is 3.68. The van der Waals surface area contributed by atoms with Crippen LogP contribution in [0, 0.1) is 34.6 Å². The molecule has 0 atom stereocenters. The molecule has 0 fully saturated rings. The van der Waals surface area contributed by atoms with Gasteiger partial charge in [-0.15, -0.1) is 0 Å². The van der Waals surface area contributed by atoms with Gasteiger partial charge in [-0.1, -0.05) is 0 Å². The van der Waals surface area contributed by atoms with E-state index in [1.807, 2.05) is 34.6 Å². The monoisotopic (exact) mass is 204 g/mol. The Morgan fingerprint density at radius 2 is 1.40 bits per heavy atom. The lowest BCUT2D eigenvalue weighted by Crippen LogP contribution is -1.88. The maximum atomic E-state index is 10.1. The lowest BCUT2D eigenvalue weighted by Gasteiger charge is -2.08. The van der Waals surface area contributed by atoms with E-state index in [2.05, 4.69) is 0 Å². The first kappa shape index (κ1) is 10.1. The van der Waals surface area contributed by atoms with Crippen molar-refractivity contribution in [3.8, 4) is 5.75 Å². The molecular weight excluding hydrogens is 188 g/mol. The Morgan fingerprint density at radius 1 is 0.800 bits per heavy atom. The van der Waals surface area contributed by atoms with Gasteiger partial charge in [0.15, 0.2) is 0 Å². The van der Waals surface area contributed by atoms with Crippen molar-refractivity contribution in [3.63, 3.8) is 0 Å². The molecule has 0 saturated carbocycles. The van der Waals surface area contributed by atoms with Crippen LogP contribution in [0.2, 0.25) is 0 Å². The summed E-state index contributed by atoms with van der Waals surface area (Å²) in [6, 6.07) is 0. The van der Waals surface area contributed by atoms with E-state index >= 15 is 0 Å². The summed E-state index contributed by atoms with van der Waals surface area (Å²) in [5.74, 6) is 1.25. The van der Waals surface area contributed by atoms with Crippen molar-refractivity contribution in [2.45, 2.75) is 34.6 Å². The number of hydrogen-bond acceptors (Lipinski definition) is 2. The van der Waals surface area contributed by atoms with Crippen LogP contribution in [0.4, 0.5) is 0 Å². The third-order valence-electron chi connectivity index (χ3n) is 3.44. The first-order chi connectivity index (χ1) is 6.95. The summed E-state index contributed by atoms with van der Waals surface area (Å²) in [5, 5.41) is 11.0. The van der Waals surface area contributed by atoms with E-state index < -0.39 is 0 Å². The first-order valence-corrected chi connectivity index (χ1v) is 5.13. The van der Waals surface area contributed by atoms with Crippen LogP contribution in [0.1, 0.15) is 28.0 Å². The van der Waals surface area contributed by atoms with Crippen molar-refractivity contribution in [1.82, 2.24) is 0 Å². The highest BCUT2D eigenvalue weighted by Crippen LogP contribution is 2.38. The molecule has 0 aliphatic heterocycles. The third kappa shape index (κ3) is 1.17. The summed E-state index contributed by atoms with van der Waals surface area (Å²) in [5.41, 5.74) is 5.04. The average Bonchev–Trinajstić information content (AvgIpc) is 2.50. The number of aryl methyl sites for hydroxylation is 3. The van der Waals surface area contributed by atoms with E-state index in [-0.39, 0.29) is 0 Å². The zero-order valence-corrected chi connectivity index (χ0v) is 9.86. The normalized spacial score (nSPS) is 11.3. The van der Waals surface area contributed by atoms with Crippen LogP contribution in [0.15, 0.2) is 4.42 Å². The molecule has 1 aromatic carbocycles. The minimum absolute atomic E-state index is 0.363. The number of furan rings is 1. The van der Waals surface area contributed by atoms with Crippen molar-refractivity contribution in [2.75, 3.05) is 0 Å². The Balaban J connectivity index is 3.07. The van der Waals surface area contributed by atoms with E-state index in [1.165, 1.54) is 0 Å². The number of phenolic OH excluding ortho intramolecular Hbond substituents is 1. The molecule has 0 aliphatic rings. The van der Waals surface area contributed by atoms with E-state index in [0.29, 0.717) is 5.75 Å². The largest absolute Gasteiger partial charge is 0.507 e. The summed E-state index contributed by atoms with van der Waals surface area (Å²) in [6.07, 6.45) is 0. The van der Waals surface area contributed by atoms with Gasteiger partial charge in [-0.3, -0.25) is 0 Å². The average molecular weight is 204 g/mol. The van der Waals surface area contributed by atoms with Crippen LogP contribution in [0.3, 0.4) is 0 Å². The molecule has 0 unspecified atom stereocenters. The minimum Gasteiger partial charge on any atom is -0.507 e. The van der Waals surface area contributed by atoms with Gasteiger partial charge in [-0.2, -0.15) is 0 Å². The Bertz CT molecular complexity index is 548. The van der Waals surface area contributed by atoms with Gasteiger partial charge in [0.25, 0.3) is 0 Å². The fourth-order valence-electron chi connectivity index (χ4n) is 1.99. The van der Waals surface area contributed by atoms with Crippen molar-refractivity contribution >= 4 is 11.0 Å². The molecule has 1 N–H and O–H groups in total. The molecular formula is C13H16O2. The lowest BCUT2D eigenvalue weighted by atomic mass is 9.98. The first-order valence-electron chi connectivity index (χ1n) is 5.13. The SMILES string of the molecule is Cc1oc2c(C)c(C)c(C)c(O)c2c1C. The molecule has 0 radical (unpaired) electrons. The summed E-state index contributed by atoms with van der Waals surface area (Å²) in [6.45, 7) is 9.90. The standard InChI is InChI=1S/C13H16O2/c1-6-7(2)12(14)11-9(4)10(5)15-13(11)8(6)3/h14H,1-5H3. The zero-order chi connectivity index (χ0) is 11.3. The predicted molar refractivity (Wildman–Crippen MR) is 61.6 cm³/mol. The summed E-state index contributed by atoms with van der Waals surface area (Å²) >= 11 is 0. The van der Waals surface area contributed by atoms with Gasteiger partial charge in [-0.05, 0) is 51.3 Å². The van der Waals surface area contributed by atoms with Crippen LogP contribution in [-0.2, 0) is 0 Å². The van der Waals surface area contributed by atoms with Gasteiger partial charge in [-0.25, -0.2) is 0 Å². The molecule has 0 bridgehead atoms. The van der Waals surface area contributed by atoms with E-state index in [4.69, 9.17) is 4.42 Å². The van der Waals surface area contributed by atoms with Crippen LogP contribution in [0.25, 0.3) is 11.0 Å². The Hall–Kier alpha value is -1.44. The number of hydrogen-bond donors (Lipinski definition) is 1. The summed E-state index contributed by atoms with van der Waals surface area (Å²) in [7, 11) is 0. The lowest BCUT2D eigenvalue weighted by molar-refractivity contribution is 0.476. The topological polar surface area (TPSA) is 33.4 Å². The third-order valence-corrected chi connectivity index (χ3v) is 3.44. The molecule has 0 spiro atoms. The molecule has 2 aromatic rings. The minimum atomic E-state index is 0.363. The molecule has 0 aliphatic carbocycles. The highest BCUT2D eigenvalue weighted by atomic mass is 16.3. The van der Waals surface area contributed by atoms with Gasteiger partial charge in [0.05, 0.1) is 5.39 Å². The van der Waals surface area contributed by atoms with Crippen molar-refractivity contribution < 1.29 is 9.52 Å². The quantitative estimate of drug-likeness (QED) is 0.710. The number of fused-ring (bicyclic) bond motifs is 1. The smallest absolute Gasteiger partial charge is 0.141 e. The molecule has 0 saturated heterocycles. The highest BCUT2D eigenvalue weighted by Gasteiger charge is 2.17. The van der Waals surface area contributed by atoms with Gasteiger partial charge < -0.3 is 9.52 Å². The van der Waals surface area contributed by atoms with Gasteiger partial charge in [0.1, 0.15) is 17.1 Å². The maximum Gasteiger partial charge on any atom is 0.141 e. The van der Waals surface area contributed by atoms with Crippen molar-refractivity contribution in [3.05, 3.63) is 28.0 Å². The van der Waals surface area contributed by atoms with Gasteiger partial charge >= 0.3 is 0 Å². The molecule has 1 aromatic heterocycles. The molecule has 1 heterocycles. The van der Waals surface area contributed by atoms with E-state index in [0.717, 1.165) is 39.0 Å². The summed E-state index contributed by atoms with van der Waals surface area (Å²) < 4.78 is 5.69. The maximum absolute atomic E-state index is 10.1. The second-order valence-corrected chi connectivity index (χ2v) is 4.21.